The molecule has 1 heterocycles. The Morgan fingerprint density at radius 1 is 0.891 bits per heavy atom. The van der Waals surface area contributed by atoms with Crippen LogP contribution in [0.2, 0.25) is 18.1 Å². The lowest BCUT2D eigenvalue weighted by Gasteiger charge is -2.40. The summed E-state index contributed by atoms with van der Waals surface area (Å²) in [5.74, 6) is 0.442. The number of benzene rings is 3. The highest BCUT2D eigenvalue weighted by Crippen LogP contribution is 2.42. The van der Waals surface area contributed by atoms with Crippen LogP contribution in [0.25, 0.3) is 22.0 Å². The predicted molar refractivity (Wildman–Crippen MR) is 256 cm³/mol. The molecule has 6 rings (SSSR count). The number of aromatic hydroxyl groups is 1. The zero-order valence-corrected chi connectivity index (χ0v) is 39.9. The van der Waals surface area contributed by atoms with Crippen LogP contribution < -0.4 is 26.4 Å². The predicted octanol–water partition coefficient (Wildman–Crippen LogP) is 9.79. The molecule has 346 valence electrons. The highest BCUT2D eigenvalue weighted by atomic mass is 28.4. The van der Waals surface area contributed by atoms with Crippen molar-refractivity contribution in [1.29, 1.82) is 0 Å². The van der Waals surface area contributed by atoms with Crippen molar-refractivity contribution in [3.05, 3.63) is 94.3 Å². The van der Waals surface area contributed by atoms with Gasteiger partial charge in [0.2, 0.25) is 11.5 Å². The number of aryl methyl sites for hydroxylation is 1. The van der Waals surface area contributed by atoms with Gasteiger partial charge in [-0.3, -0.25) is 14.5 Å². The van der Waals surface area contributed by atoms with E-state index in [1.807, 2.05) is 75.4 Å². The minimum absolute atomic E-state index is 0.0153. The van der Waals surface area contributed by atoms with Crippen molar-refractivity contribution >= 4 is 43.0 Å². The lowest BCUT2D eigenvalue weighted by molar-refractivity contribution is -0.122. The number of anilines is 1. The van der Waals surface area contributed by atoms with Gasteiger partial charge in [0.05, 0.1) is 17.3 Å². The van der Waals surface area contributed by atoms with Gasteiger partial charge in [0.25, 0.3) is 0 Å². The summed E-state index contributed by atoms with van der Waals surface area (Å²) in [5.41, 5.74) is 3.79. The molecule has 3 aromatic carbocycles. The number of pyridine rings is 1. The molecule has 6 N–H and O–H groups in total. The third kappa shape index (κ3) is 12.5. The molecular formula is C50H69N5O8Si. The van der Waals surface area contributed by atoms with Gasteiger partial charge < -0.3 is 40.3 Å². The Balaban J connectivity index is 1.01. The van der Waals surface area contributed by atoms with E-state index in [2.05, 4.69) is 54.8 Å². The number of carbonyl (C=O) groups excluding carboxylic acids is 2. The van der Waals surface area contributed by atoms with Crippen LogP contribution in [0, 0.1) is 5.92 Å². The van der Waals surface area contributed by atoms with Crippen molar-refractivity contribution in [1.82, 2.24) is 20.9 Å². The first kappa shape index (κ1) is 48.3. The molecule has 0 unspecified atom stereocenters. The van der Waals surface area contributed by atoms with E-state index in [1.165, 1.54) is 11.0 Å². The van der Waals surface area contributed by atoms with Crippen molar-refractivity contribution in [3.8, 4) is 16.9 Å². The number of nitrogens with one attached hydrogen (secondary N) is 4. The second-order valence-electron chi connectivity index (χ2n) is 20.3. The Hall–Kier alpha value is -5.18. The number of H-pyrrole nitrogens is 1. The number of phenols is 1. The third-order valence-corrected chi connectivity index (χ3v) is 17.6. The number of phenolic OH excluding ortho intramolecular Hbond substituents is 1. The van der Waals surface area contributed by atoms with Crippen molar-refractivity contribution in [2.45, 2.75) is 147 Å². The molecule has 2 aliphatic rings. The second-order valence-corrected chi connectivity index (χ2v) is 25.0. The number of rotatable bonds is 16. The van der Waals surface area contributed by atoms with Crippen molar-refractivity contribution < 1.29 is 33.8 Å². The number of ether oxygens (including phenoxy) is 1. The van der Waals surface area contributed by atoms with E-state index in [1.54, 1.807) is 12.1 Å². The van der Waals surface area contributed by atoms with Gasteiger partial charge in [-0.25, -0.2) is 9.59 Å². The molecule has 1 aromatic heterocycles. The second kappa shape index (κ2) is 20.3. The summed E-state index contributed by atoms with van der Waals surface area (Å²) >= 11 is 0. The topological polar surface area (TPSA) is 182 Å². The molecule has 0 aliphatic heterocycles. The summed E-state index contributed by atoms with van der Waals surface area (Å²) in [6, 6.07) is 22.3. The molecule has 13 nitrogen and oxygen atoms in total. The molecule has 64 heavy (non-hydrogen) atoms. The Labute approximate surface area is 378 Å². The molecule has 2 aliphatic carbocycles. The molecule has 3 amide bonds. The van der Waals surface area contributed by atoms with Gasteiger partial charge in [-0.2, -0.15) is 0 Å². The molecule has 0 radical (unpaired) electrons. The van der Waals surface area contributed by atoms with Gasteiger partial charge >= 0.3 is 12.2 Å². The van der Waals surface area contributed by atoms with Gasteiger partial charge in [-0.1, -0.05) is 69.3 Å². The SMILES string of the molecule is CC(C)(C)OC(=O)NC1CCC(N(C(=O)O)c2cc(CCCC(=O)NC3CC(CNC[C@H](O[Si](C)(C)C(C)(C)C)c4ccc(O)c5[nH]c(=O)ccc45)C3)ccc2-c2ccccc2)CC1. The number of hydrogen-bond acceptors (Lipinski definition) is 8. The number of carbonyl (C=O) groups is 3. The van der Waals surface area contributed by atoms with Crippen molar-refractivity contribution in [3.63, 3.8) is 0 Å². The maximum atomic E-state index is 13.1. The molecule has 0 spiro atoms. The summed E-state index contributed by atoms with van der Waals surface area (Å²) in [6.07, 6.45) is 4.06. The first-order chi connectivity index (χ1) is 30.2. The summed E-state index contributed by atoms with van der Waals surface area (Å²) in [6.45, 7) is 17.9. The zero-order valence-electron chi connectivity index (χ0n) is 38.9. The van der Waals surface area contributed by atoms with Crippen LogP contribution in [0.5, 0.6) is 5.75 Å². The number of fused-ring (bicyclic) bond motifs is 1. The fourth-order valence-corrected chi connectivity index (χ4v) is 9.96. The number of amides is 3. The van der Waals surface area contributed by atoms with E-state index in [0.29, 0.717) is 68.6 Å². The number of alkyl carbamates (subject to hydrolysis) is 1. The maximum Gasteiger partial charge on any atom is 0.412 e. The van der Waals surface area contributed by atoms with Crippen LogP contribution in [-0.4, -0.2) is 78.4 Å². The highest BCUT2D eigenvalue weighted by molar-refractivity contribution is 6.74. The van der Waals surface area contributed by atoms with Gasteiger partial charge in [0, 0.05) is 48.1 Å². The third-order valence-electron chi connectivity index (χ3n) is 13.1. The van der Waals surface area contributed by atoms with E-state index in [4.69, 9.17) is 9.16 Å². The van der Waals surface area contributed by atoms with Gasteiger partial charge in [0.1, 0.15) is 11.4 Å². The van der Waals surface area contributed by atoms with Crippen LogP contribution in [0.1, 0.15) is 110 Å². The number of hydrogen-bond donors (Lipinski definition) is 6. The summed E-state index contributed by atoms with van der Waals surface area (Å²) in [7, 11) is -2.21. The van der Waals surface area contributed by atoms with Gasteiger partial charge in [-0.15, -0.1) is 0 Å². The molecule has 14 heteroatoms. The van der Waals surface area contributed by atoms with Crippen LogP contribution in [-0.2, 0) is 20.4 Å². The van der Waals surface area contributed by atoms with Crippen LogP contribution in [0.3, 0.4) is 0 Å². The fraction of sp³-hybridized carbons (Fsp3) is 0.520. The molecule has 1 atom stereocenters. The monoisotopic (exact) mass is 895 g/mol. The summed E-state index contributed by atoms with van der Waals surface area (Å²) < 4.78 is 12.4. The molecule has 2 fully saturated rings. The standard InChI is InChI=1S/C50H69N5O8Si/c1-49(2,3)62-47(59)53-35-18-20-37(21-19-35)55(48(60)61)41-29-32(17-22-38(41)34-14-10-9-11-15-34)13-12-16-44(57)52-36-27-33(28-36)30-51-31-43(63-64(7,8)50(4,5)6)39-23-25-42(56)46-40(39)24-26-45(58)54-46/h9-11,14-15,17,22-26,29,33,35-37,43,51,56H,12-13,16,18-21,27-28,30-31H2,1-8H3,(H,52,57)(H,53,59)(H,54,58)(H,60,61)/t33?,35?,36?,37?,43-/m0/s1. The number of aromatic amines is 1. The number of nitrogens with zero attached hydrogens (tertiary/aromatic N) is 1. The van der Waals surface area contributed by atoms with Crippen LogP contribution >= 0.6 is 0 Å². The summed E-state index contributed by atoms with van der Waals surface area (Å²) in [4.78, 5) is 55.0. The first-order valence-corrected chi connectivity index (χ1v) is 25.8. The Morgan fingerprint density at radius 3 is 2.25 bits per heavy atom. The van der Waals surface area contributed by atoms with Crippen LogP contribution in [0.4, 0.5) is 15.3 Å². The van der Waals surface area contributed by atoms with E-state index in [0.717, 1.165) is 47.0 Å². The van der Waals surface area contributed by atoms with Crippen molar-refractivity contribution in [2.24, 2.45) is 5.92 Å². The molecule has 2 saturated carbocycles. The molecule has 0 saturated heterocycles. The first-order valence-electron chi connectivity index (χ1n) is 22.9. The highest BCUT2D eigenvalue weighted by Gasteiger charge is 2.40. The number of carboxylic acid groups (broad SMARTS) is 1. The van der Waals surface area contributed by atoms with E-state index >= 15 is 0 Å². The molecule has 4 aromatic rings. The van der Waals surface area contributed by atoms with E-state index < -0.39 is 26.1 Å². The molecular weight excluding hydrogens is 827 g/mol. The lowest BCUT2D eigenvalue weighted by Crippen LogP contribution is -2.48. The van der Waals surface area contributed by atoms with E-state index in [9.17, 15) is 29.4 Å². The van der Waals surface area contributed by atoms with Crippen molar-refractivity contribution in [2.75, 3.05) is 18.0 Å². The largest absolute Gasteiger partial charge is 0.506 e. The average Bonchev–Trinajstić information content (AvgIpc) is 3.19. The normalized spacial score (nSPS) is 19.6. The molecule has 0 bridgehead atoms. The zero-order chi connectivity index (χ0) is 46.4. The quantitative estimate of drug-likeness (QED) is 0.0597. The minimum Gasteiger partial charge on any atom is -0.506 e. The van der Waals surface area contributed by atoms with Crippen LogP contribution in [0.15, 0.2) is 77.6 Å². The lowest BCUT2D eigenvalue weighted by atomic mass is 9.80. The Morgan fingerprint density at radius 2 is 1.59 bits per heavy atom. The van der Waals surface area contributed by atoms with Gasteiger partial charge in [-0.05, 0) is 138 Å². The van der Waals surface area contributed by atoms with Gasteiger partial charge in [0.15, 0.2) is 8.32 Å². The fourth-order valence-electron chi connectivity index (χ4n) is 8.68. The average molecular weight is 896 g/mol. The Kier molecular flexibility index (Phi) is 15.3. The summed E-state index contributed by atoms with van der Waals surface area (Å²) in [5, 5.41) is 31.7. The number of aromatic nitrogens is 1. The Bertz CT molecular complexity index is 2310. The maximum absolute atomic E-state index is 13.1. The van der Waals surface area contributed by atoms with E-state index in [-0.39, 0.29) is 46.5 Å². The smallest absolute Gasteiger partial charge is 0.412 e. The minimum atomic E-state index is -2.21.